The van der Waals surface area contributed by atoms with Crippen LogP contribution in [0.4, 0.5) is 0 Å². The maximum Gasteiger partial charge on any atom is 0.228 e. The quantitative estimate of drug-likeness (QED) is 0.521. The molecule has 2 aromatic rings. The second kappa shape index (κ2) is 9.43. The topological polar surface area (TPSA) is 32.3 Å². The van der Waals surface area contributed by atoms with Gasteiger partial charge in [0.1, 0.15) is 0 Å². The fraction of sp³-hybridized carbons (Fsp3) is 0.567. The zero-order valence-electron chi connectivity index (χ0n) is 20.1. The molecule has 2 heterocycles. The molecule has 0 bridgehead atoms. The molecule has 180 valence electrons. The molecule has 2 aromatic carbocycles. The summed E-state index contributed by atoms with van der Waals surface area (Å²) in [5, 5.41) is 3.65. The predicted octanol–water partition coefficient (Wildman–Crippen LogP) is 6.21. The molecule has 1 spiro atoms. The second-order valence-electron chi connectivity index (χ2n) is 11.3. The fourth-order valence-corrected chi connectivity index (χ4v) is 8.25. The van der Waals surface area contributed by atoms with Crippen molar-refractivity contribution in [2.24, 2.45) is 11.8 Å². The van der Waals surface area contributed by atoms with E-state index >= 15 is 0 Å². The van der Waals surface area contributed by atoms with Gasteiger partial charge in [-0.1, -0.05) is 71.6 Å². The van der Waals surface area contributed by atoms with Gasteiger partial charge in [-0.3, -0.25) is 4.79 Å². The number of aryl methyl sites for hydroxylation is 1. The van der Waals surface area contributed by atoms with Gasteiger partial charge in [0.25, 0.3) is 0 Å². The lowest BCUT2D eigenvalue weighted by atomic mass is 9.71. The maximum atomic E-state index is 14.4. The molecule has 4 atom stereocenters. The number of halogens is 1. The van der Waals surface area contributed by atoms with Gasteiger partial charge in [0.15, 0.2) is 0 Å². The fourth-order valence-electron chi connectivity index (χ4n) is 7.84. The Morgan fingerprint density at radius 2 is 1.85 bits per heavy atom. The third kappa shape index (κ3) is 3.95. The molecule has 2 aliphatic heterocycles. The number of amides is 1. The van der Waals surface area contributed by atoms with E-state index in [4.69, 9.17) is 0 Å². The highest BCUT2D eigenvalue weighted by Crippen LogP contribution is 2.49. The van der Waals surface area contributed by atoms with Crippen LogP contribution in [0.2, 0.25) is 0 Å². The smallest absolute Gasteiger partial charge is 0.228 e. The average molecular weight is 522 g/mol. The van der Waals surface area contributed by atoms with Crippen LogP contribution in [0.15, 0.2) is 53.0 Å². The molecule has 2 aliphatic carbocycles. The molecule has 34 heavy (non-hydrogen) atoms. The van der Waals surface area contributed by atoms with Gasteiger partial charge in [-0.05, 0) is 79.2 Å². The lowest BCUT2D eigenvalue weighted by Crippen LogP contribution is -2.54. The number of hydrogen-bond donors (Lipinski definition) is 1. The Bertz CT molecular complexity index is 1030. The summed E-state index contributed by atoms with van der Waals surface area (Å²) in [6, 6.07) is 18.2. The van der Waals surface area contributed by atoms with Gasteiger partial charge >= 0.3 is 0 Å². The Hall–Kier alpha value is -1.65. The van der Waals surface area contributed by atoms with E-state index in [-0.39, 0.29) is 11.3 Å². The molecule has 4 heteroatoms. The van der Waals surface area contributed by atoms with Crippen molar-refractivity contribution in [1.82, 2.24) is 10.2 Å². The number of hydrogen-bond acceptors (Lipinski definition) is 2. The van der Waals surface area contributed by atoms with E-state index in [2.05, 4.69) is 74.7 Å². The molecular formula is C30H37BrN2O. The van der Waals surface area contributed by atoms with Crippen LogP contribution < -0.4 is 5.32 Å². The minimum Gasteiger partial charge on any atom is -0.339 e. The monoisotopic (exact) mass is 520 g/mol. The zero-order valence-corrected chi connectivity index (χ0v) is 21.7. The van der Waals surface area contributed by atoms with Crippen LogP contribution in [0.25, 0.3) is 0 Å². The molecule has 0 radical (unpaired) electrons. The Balaban J connectivity index is 1.29. The minimum atomic E-state index is -0.0273. The van der Waals surface area contributed by atoms with Crippen molar-refractivity contribution in [2.45, 2.75) is 75.2 Å². The van der Waals surface area contributed by atoms with Crippen molar-refractivity contribution in [3.8, 4) is 0 Å². The summed E-state index contributed by atoms with van der Waals surface area (Å²) in [5.74, 6) is 1.75. The van der Waals surface area contributed by atoms with Crippen LogP contribution in [-0.4, -0.2) is 36.5 Å². The molecule has 3 fully saturated rings. The first-order chi connectivity index (χ1) is 16.7. The Morgan fingerprint density at radius 3 is 2.68 bits per heavy atom. The Labute approximate surface area is 212 Å². The zero-order chi connectivity index (χ0) is 23.1. The van der Waals surface area contributed by atoms with Crippen molar-refractivity contribution in [2.75, 3.05) is 19.6 Å². The van der Waals surface area contributed by atoms with E-state index in [0.29, 0.717) is 23.8 Å². The van der Waals surface area contributed by atoms with Gasteiger partial charge in [0.05, 0.1) is 5.92 Å². The highest BCUT2D eigenvalue weighted by atomic mass is 79.9. The van der Waals surface area contributed by atoms with E-state index in [1.54, 1.807) is 0 Å². The average Bonchev–Trinajstić information content (AvgIpc) is 3.48. The molecule has 1 saturated carbocycles. The van der Waals surface area contributed by atoms with Crippen LogP contribution in [0.1, 0.15) is 74.0 Å². The van der Waals surface area contributed by atoms with Gasteiger partial charge in [-0.2, -0.15) is 0 Å². The largest absolute Gasteiger partial charge is 0.339 e. The summed E-state index contributed by atoms with van der Waals surface area (Å²) in [6.45, 7) is 2.68. The number of nitrogens with zero attached hydrogens (tertiary/aromatic N) is 1. The summed E-state index contributed by atoms with van der Waals surface area (Å²) in [4.78, 5) is 16.8. The summed E-state index contributed by atoms with van der Waals surface area (Å²) in [7, 11) is 0. The molecule has 0 aromatic heterocycles. The second-order valence-corrected chi connectivity index (χ2v) is 12.2. The molecule has 1 N–H and O–H groups in total. The first kappa shape index (κ1) is 22.8. The summed E-state index contributed by atoms with van der Waals surface area (Å²) < 4.78 is 1.15. The van der Waals surface area contributed by atoms with Crippen LogP contribution >= 0.6 is 15.9 Å². The van der Waals surface area contributed by atoms with E-state index in [9.17, 15) is 4.79 Å². The highest BCUT2D eigenvalue weighted by molar-refractivity contribution is 9.10. The van der Waals surface area contributed by atoms with E-state index in [1.165, 1.54) is 48.8 Å². The number of rotatable bonds is 3. The minimum absolute atomic E-state index is 0.0273. The molecule has 6 rings (SSSR count). The molecule has 1 amide bonds. The summed E-state index contributed by atoms with van der Waals surface area (Å²) in [5.41, 5.74) is 4.29. The van der Waals surface area contributed by atoms with Crippen molar-refractivity contribution in [1.29, 1.82) is 0 Å². The number of benzene rings is 2. The lowest BCUT2D eigenvalue weighted by molar-refractivity contribution is -0.142. The van der Waals surface area contributed by atoms with Gasteiger partial charge < -0.3 is 10.2 Å². The first-order valence-corrected chi connectivity index (χ1v) is 14.3. The number of nitrogens with one attached hydrogen (secondary N) is 1. The molecule has 2 saturated heterocycles. The first-order valence-electron chi connectivity index (χ1n) is 13.5. The van der Waals surface area contributed by atoms with Crippen molar-refractivity contribution >= 4 is 21.8 Å². The standard InChI is InChI=1S/C30H37BrN2O/c31-25-11-12-26-24(17-25)13-15-30(26)20-32-19-27(30)29(34)33-16-14-23(21-7-3-1-4-8-21)18-28(33)22-9-5-2-6-10-22/h1,3-4,7-8,11-12,17,22-23,27-28,32H,2,5-6,9-10,13-16,18-20H2/t23-,27+,28+,30?/m1/s1. The van der Waals surface area contributed by atoms with E-state index < -0.39 is 0 Å². The maximum absolute atomic E-state index is 14.4. The Kier molecular flexibility index (Phi) is 6.32. The van der Waals surface area contributed by atoms with Crippen LogP contribution in [0.5, 0.6) is 0 Å². The number of likely N-dealkylation sites (tertiary alicyclic amines) is 1. The number of piperidine rings is 1. The van der Waals surface area contributed by atoms with E-state index in [1.807, 2.05) is 0 Å². The van der Waals surface area contributed by atoms with Gasteiger partial charge in [0.2, 0.25) is 5.91 Å². The van der Waals surface area contributed by atoms with Crippen molar-refractivity contribution < 1.29 is 4.79 Å². The molecule has 3 nitrogen and oxygen atoms in total. The number of carbonyl (C=O) groups is 1. The van der Waals surface area contributed by atoms with Crippen molar-refractivity contribution in [3.63, 3.8) is 0 Å². The van der Waals surface area contributed by atoms with Gasteiger partial charge in [0, 0.05) is 35.6 Å². The van der Waals surface area contributed by atoms with Crippen LogP contribution in [-0.2, 0) is 16.6 Å². The van der Waals surface area contributed by atoms with E-state index in [0.717, 1.165) is 49.8 Å². The van der Waals surface area contributed by atoms with Crippen LogP contribution in [0, 0.1) is 11.8 Å². The predicted molar refractivity (Wildman–Crippen MR) is 141 cm³/mol. The SMILES string of the molecule is O=C([C@@H]1CNCC12CCc1cc(Br)ccc12)N1CC[C@@H](c2ccccc2)C[C@H]1C1CCCCC1. The highest BCUT2D eigenvalue weighted by Gasteiger charge is 2.53. The number of carbonyl (C=O) groups excluding carboxylic acids is 1. The van der Waals surface area contributed by atoms with Crippen molar-refractivity contribution in [3.05, 3.63) is 69.7 Å². The molecule has 1 unspecified atom stereocenters. The summed E-state index contributed by atoms with van der Waals surface area (Å²) in [6.07, 6.45) is 11.0. The third-order valence-corrected chi connectivity index (χ3v) is 10.1. The summed E-state index contributed by atoms with van der Waals surface area (Å²) >= 11 is 3.65. The lowest BCUT2D eigenvalue weighted by Gasteiger charge is -2.47. The third-order valence-electron chi connectivity index (χ3n) is 9.59. The molecular weight excluding hydrogens is 484 g/mol. The normalized spacial score (nSPS) is 31.7. The molecule has 4 aliphatic rings. The van der Waals surface area contributed by atoms with Crippen LogP contribution in [0.3, 0.4) is 0 Å². The number of fused-ring (bicyclic) bond motifs is 2. The Morgan fingerprint density at radius 1 is 1.03 bits per heavy atom. The van der Waals surface area contributed by atoms with Gasteiger partial charge in [-0.15, -0.1) is 0 Å². The van der Waals surface area contributed by atoms with Gasteiger partial charge in [-0.25, -0.2) is 0 Å².